The number of H-pyrrole nitrogens is 1. The summed E-state index contributed by atoms with van der Waals surface area (Å²) in [7, 11) is -3.68. The SMILES string of the molecule is O=S(=O)(c1ccc(-c2c[nH]c3cc(F)ccc23)cc1)N1CCNCC1CO. The first-order valence-corrected chi connectivity index (χ1v) is 10.2. The number of aromatic amines is 1. The fraction of sp³-hybridized carbons (Fsp3) is 0.263. The van der Waals surface area contributed by atoms with Crippen molar-refractivity contribution >= 4 is 20.9 Å². The van der Waals surface area contributed by atoms with Gasteiger partial charge in [-0.1, -0.05) is 12.1 Å². The van der Waals surface area contributed by atoms with Crippen molar-refractivity contribution in [1.82, 2.24) is 14.6 Å². The molecule has 8 heteroatoms. The molecule has 1 fully saturated rings. The second-order valence-electron chi connectivity index (χ2n) is 6.57. The van der Waals surface area contributed by atoms with E-state index in [1.165, 1.54) is 16.4 Å². The minimum absolute atomic E-state index is 0.192. The van der Waals surface area contributed by atoms with Gasteiger partial charge in [0, 0.05) is 42.3 Å². The Kier molecular flexibility index (Phi) is 4.73. The Bertz CT molecular complexity index is 1060. The number of nitrogens with one attached hydrogen (secondary N) is 2. The van der Waals surface area contributed by atoms with Gasteiger partial charge in [-0.2, -0.15) is 4.31 Å². The molecule has 1 saturated heterocycles. The molecule has 1 atom stereocenters. The first kappa shape index (κ1) is 18.1. The highest BCUT2D eigenvalue weighted by Crippen LogP contribution is 2.30. The van der Waals surface area contributed by atoms with Gasteiger partial charge in [0.1, 0.15) is 5.82 Å². The number of rotatable bonds is 4. The molecule has 2 heterocycles. The van der Waals surface area contributed by atoms with Crippen LogP contribution in [0.5, 0.6) is 0 Å². The van der Waals surface area contributed by atoms with E-state index >= 15 is 0 Å². The minimum Gasteiger partial charge on any atom is -0.395 e. The number of hydrogen-bond acceptors (Lipinski definition) is 4. The standard InChI is InChI=1S/C19H20FN3O3S/c20-14-3-6-17-18(11-22-19(17)9-14)13-1-4-16(5-2-13)27(25,26)23-8-7-21-10-15(23)12-24/h1-6,9,11,15,21-22,24H,7-8,10,12H2. The van der Waals surface area contributed by atoms with Crippen molar-refractivity contribution in [3.8, 4) is 11.1 Å². The predicted octanol–water partition coefficient (Wildman–Crippen LogP) is 1.93. The van der Waals surface area contributed by atoms with Crippen molar-refractivity contribution in [2.75, 3.05) is 26.2 Å². The number of benzene rings is 2. The first-order valence-electron chi connectivity index (χ1n) is 8.71. The van der Waals surface area contributed by atoms with Crippen LogP contribution in [-0.2, 0) is 10.0 Å². The van der Waals surface area contributed by atoms with E-state index in [1.807, 2.05) is 0 Å². The van der Waals surface area contributed by atoms with Crippen LogP contribution in [-0.4, -0.2) is 55.1 Å². The van der Waals surface area contributed by atoms with Gasteiger partial charge in [-0.15, -0.1) is 0 Å². The van der Waals surface area contributed by atoms with Crippen molar-refractivity contribution < 1.29 is 17.9 Å². The second-order valence-corrected chi connectivity index (χ2v) is 8.46. The molecule has 1 aliphatic heterocycles. The molecule has 3 N–H and O–H groups in total. The van der Waals surface area contributed by atoms with Gasteiger partial charge in [-0.3, -0.25) is 0 Å². The third-order valence-corrected chi connectivity index (χ3v) is 6.89. The lowest BCUT2D eigenvalue weighted by Crippen LogP contribution is -2.54. The van der Waals surface area contributed by atoms with Gasteiger partial charge >= 0.3 is 0 Å². The number of fused-ring (bicyclic) bond motifs is 1. The van der Waals surface area contributed by atoms with E-state index in [4.69, 9.17) is 0 Å². The lowest BCUT2D eigenvalue weighted by molar-refractivity contribution is 0.165. The summed E-state index contributed by atoms with van der Waals surface area (Å²) in [4.78, 5) is 3.23. The van der Waals surface area contributed by atoms with Crippen LogP contribution >= 0.6 is 0 Å². The van der Waals surface area contributed by atoms with Crippen LogP contribution in [0.1, 0.15) is 0 Å². The summed E-state index contributed by atoms with van der Waals surface area (Å²) in [6.45, 7) is 1.08. The summed E-state index contributed by atoms with van der Waals surface area (Å²) in [5.41, 5.74) is 2.41. The molecule has 142 valence electrons. The number of hydrogen-bond donors (Lipinski definition) is 3. The van der Waals surface area contributed by atoms with Gasteiger partial charge in [0.25, 0.3) is 0 Å². The number of halogens is 1. The van der Waals surface area contributed by atoms with Crippen LogP contribution in [0.4, 0.5) is 4.39 Å². The van der Waals surface area contributed by atoms with Crippen LogP contribution < -0.4 is 5.32 Å². The Morgan fingerprint density at radius 2 is 1.96 bits per heavy atom. The molecule has 1 aromatic heterocycles. The van der Waals surface area contributed by atoms with Crippen molar-refractivity contribution in [2.45, 2.75) is 10.9 Å². The zero-order valence-electron chi connectivity index (χ0n) is 14.5. The Balaban J connectivity index is 1.67. The highest BCUT2D eigenvalue weighted by Gasteiger charge is 2.33. The Labute approximate surface area is 156 Å². The van der Waals surface area contributed by atoms with E-state index in [0.717, 1.165) is 16.5 Å². The molecule has 1 unspecified atom stereocenters. The number of aliphatic hydroxyl groups excluding tert-OH is 1. The van der Waals surface area contributed by atoms with Gasteiger partial charge in [-0.25, -0.2) is 12.8 Å². The largest absolute Gasteiger partial charge is 0.395 e. The lowest BCUT2D eigenvalue weighted by atomic mass is 10.1. The summed E-state index contributed by atoms with van der Waals surface area (Å²) in [6, 6.07) is 10.7. The van der Waals surface area contributed by atoms with Crippen molar-refractivity contribution in [1.29, 1.82) is 0 Å². The third-order valence-electron chi connectivity index (χ3n) is 4.92. The predicted molar refractivity (Wildman–Crippen MR) is 101 cm³/mol. The fourth-order valence-electron chi connectivity index (χ4n) is 3.49. The van der Waals surface area contributed by atoms with Gasteiger partial charge in [-0.05, 0) is 35.9 Å². The number of aromatic nitrogens is 1. The zero-order valence-corrected chi connectivity index (χ0v) is 15.3. The Morgan fingerprint density at radius 1 is 1.19 bits per heavy atom. The van der Waals surface area contributed by atoms with Gasteiger partial charge < -0.3 is 15.4 Å². The average molecular weight is 389 g/mol. The van der Waals surface area contributed by atoms with E-state index in [-0.39, 0.29) is 17.3 Å². The molecule has 6 nitrogen and oxygen atoms in total. The number of sulfonamides is 1. The van der Waals surface area contributed by atoms with Gasteiger partial charge in [0.05, 0.1) is 17.5 Å². The molecule has 0 bridgehead atoms. The maximum absolute atomic E-state index is 13.4. The van der Waals surface area contributed by atoms with E-state index in [1.54, 1.807) is 36.5 Å². The molecule has 0 spiro atoms. The molecular formula is C19H20FN3O3S. The van der Waals surface area contributed by atoms with Crippen molar-refractivity contribution in [3.05, 3.63) is 54.5 Å². The third kappa shape index (κ3) is 3.25. The molecule has 27 heavy (non-hydrogen) atoms. The quantitative estimate of drug-likeness (QED) is 0.637. The Hall–Kier alpha value is -2.26. The molecule has 4 rings (SSSR count). The maximum atomic E-state index is 13.4. The van der Waals surface area contributed by atoms with Crippen LogP contribution in [0, 0.1) is 5.82 Å². The average Bonchev–Trinajstić information content (AvgIpc) is 3.11. The summed E-state index contributed by atoms with van der Waals surface area (Å²) < 4.78 is 40.6. The highest BCUT2D eigenvalue weighted by atomic mass is 32.2. The zero-order chi connectivity index (χ0) is 19.0. The Morgan fingerprint density at radius 3 is 2.70 bits per heavy atom. The summed E-state index contributed by atoms with van der Waals surface area (Å²) >= 11 is 0. The van der Waals surface area contributed by atoms with E-state index in [2.05, 4.69) is 10.3 Å². The van der Waals surface area contributed by atoms with Crippen LogP contribution in [0.15, 0.2) is 53.6 Å². The van der Waals surface area contributed by atoms with Crippen molar-refractivity contribution in [2.24, 2.45) is 0 Å². The highest BCUT2D eigenvalue weighted by molar-refractivity contribution is 7.89. The molecule has 3 aromatic rings. The molecular weight excluding hydrogens is 369 g/mol. The van der Waals surface area contributed by atoms with E-state index in [9.17, 15) is 17.9 Å². The van der Waals surface area contributed by atoms with Crippen LogP contribution in [0.2, 0.25) is 0 Å². The molecule has 0 amide bonds. The normalized spacial score (nSPS) is 18.8. The maximum Gasteiger partial charge on any atom is 0.243 e. The molecule has 1 aliphatic rings. The monoisotopic (exact) mass is 389 g/mol. The topological polar surface area (TPSA) is 85.4 Å². The molecule has 2 aromatic carbocycles. The summed E-state index contributed by atoms with van der Waals surface area (Å²) in [5.74, 6) is -0.313. The number of aliphatic hydroxyl groups is 1. The van der Waals surface area contributed by atoms with Gasteiger partial charge in [0.2, 0.25) is 10.0 Å². The summed E-state index contributed by atoms with van der Waals surface area (Å²) in [6.07, 6.45) is 1.78. The van der Waals surface area contributed by atoms with Gasteiger partial charge in [0.15, 0.2) is 0 Å². The van der Waals surface area contributed by atoms with Crippen LogP contribution in [0.25, 0.3) is 22.0 Å². The van der Waals surface area contributed by atoms with E-state index in [0.29, 0.717) is 25.2 Å². The first-order chi connectivity index (χ1) is 13.0. The number of nitrogens with zero attached hydrogens (tertiary/aromatic N) is 1. The van der Waals surface area contributed by atoms with Crippen molar-refractivity contribution in [3.63, 3.8) is 0 Å². The molecule has 0 saturated carbocycles. The summed E-state index contributed by atoms with van der Waals surface area (Å²) in [5, 5.41) is 13.4. The smallest absolute Gasteiger partial charge is 0.243 e. The van der Waals surface area contributed by atoms with Crippen LogP contribution in [0.3, 0.4) is 0 Å². The second kappa shape index (κ2) is 7.05. The fourth-order valence-corrected chi connectivity index (χ4v) is 5.11. The lowest BCUT2D eigenvalue weighted by Gasteiger charge is -2.34. The molecule has 0 radical (unpaired) electrons. The molecule has 0 aliphatic carbocycles. The van der Waals surface area contributed by atoms with E-state index < -0.39 is 16.1 Å². The minimum atomic E-state index is -3.68. The number of piperazine rings is 1.